The van der Waals surface area contributed by atoms with E-state index in [2.05, 4.69) is 20.9 Å². The first-order valence-corrected chi connectivity index (χ1v) is 4.73. The molecule has 0 aromatic carbocycles. The number of nitrogen functional groups attached to an aromatic ring is 1. The minimum absolute atomic E-state index is 0.705. The van der Waals surface area contributed by atoms with Crippen LogP contribution in [0.5, 0.6) is 0 Å². The number of hydrogen-bond acceptors (Lipinski definition) is 3. The summed E-state index contributed by atoms with van der Waals surface area (Å²) in [5, 5.41) is 3.10. The number of rotatable bonds is 0. The zero-order valence-corrected chi connectivity index (χ0v) is 7.95. The molecule has 0 spiro atoms. The van der Waals surface area contributed by atoms with Gasteiger partial charge in [0.1, 0.15) is 4.83 Å². The molecular formula is C7H5BrN2S. The van der Waals surface area contributed by atoms with E-state index in [9.17, 15) is 0 Å². The Balaban J connectivity index is 2.87. The van der Waals surface area contributed by atoms with E-state index in [1.54, 1.807) is 17.5 Å². The number of hydrogen-bond donors (Lipinski definition) is 1. The van der Waals surface area contributed by atoms with Gasteiger partial charge < -0.3 is 5.73 Å². The van der Waals surface area contributed by atoms with Crippen LogP contribution >= 0.6 is 27.3 Å². The molecule has 2 heterocycles. The Kier molecular flexibility index (Phi) is 1.58. The number of nitrogens with two attached hydrogens (primary N) is 1. The molecule has 0 bridgehead atoms. The predicted octanol–water partition coefficient (Wildman–Crippen LogP) is 2.64. The molecule has 2 aromatic rings. The molecule has 0 atom stereocenters. The molecule has 2 nitrogen and oxygen atoms in total. The summed E-state index contributed by atoms with van der Waals surface area (Å²) >= 11 is 5.02. The van der Waals surface area contributed by atoms with Gasteiger partial charge in [-0.05, 0) is 22.0 Å². The highest BCUT2D eigenvalue weighted by Crippen LogP contribution is 2.29. The van der Waals surface area contributed by atoms with Crippen LogP contribution in [0.2, 0.25) is 0 Å². The largest absolute Gasteiger partial charge is 0.397 e. The Morgan fingerprint density at radius 3 is 3.18 bits per heavy atom. The van der Waals surface area contributed by atoms with Gasteiger partial charge in [-0.25, -0.2) is 4.98 Å². The third-order valence-electron chi connectivity index (χ3n) is 1.40. The molecule has 11 heavy (non-hydrogen) atoms. The molecule has 0 saturated carbocycles. The highest BCUT2D eigenvalue weighted by atomic mass is 79.9. The molecule has 4 heteroatoms. The average Bonchev–Trinajstić information content (AvgIpc) is 2.33. The van der Waals surface area contributed by atoms with Crippen molar-refractivity contribution in [2.24, 2.45) is 0 Å². The smallest absolute Gasteiger partial charge is 0.124 e. The number of thiophene rings is 1. The van der Waals surface area contributed by atoms with Crippen molar-refractivity contribution in [2.45, 2.75) is 0 Å². The fraction of sp³-hybridized carbons (Fsp3) is 0. The van der Waals surface area contributed by atoms with Gasteiger partial charge in [0.25, 0.3) is 0 Å². The molecule has 0 amide bonds. The van der Waals surface area contributed by atoms with Crippen molar-refractivity contribution in [1.29, 1.82) is 0 Å². The highest BCUT2D eigenvalue weighted by Gasteiger charge is 2.01. The van der Waals surface area contributed by atoms with E-state index >= 15 is 0 Å². The second-order valence-electron chi connectivity index (χ2n) is 2.21. The lowest BCUT2D eigenvalue weighted by Crippen LogP contribution is -1.84. The van der Waals surface area contributed by atoms with Crippen LogP contribution in [0.3, 0.4) is 0 Å². The van der Waals surface area contributed by atoms with E-state index in [1.807, 2.05) is 11.4 Å². The molecule has 0 radical (unpaired) electrons. The SMILES string of the molecule is Nc1cnc2scc(Br)c2c1. The number of aromatic nitrogens is 1. The summed E-state index contributed by atoms with van der Waals surface area (Å²) in [5.74, 6) is 0. The second-order valence-corrected chi connectivity index (χ2v) is 3.92. The zero-order chi connectivity index (χ0) is 7.84. The van der Waals surface area contributed by atoms with Crippen LogP contribution in [-0.2, 0) is 0 Å². The topological polar surface area (TPSA) is 38.9 Å². The fourth-order valence-corrected chi connectivity index (χ4v) is 2.37. The summed E-state index contributed by atoms with van der Waals surface area (Å²) in [6, 6.07) is 1.92. The maximum atomic E-state index is 5.57. The van der Waals surface area contributed by atoms with E-state index in [-0.39, 0.29) is 0 Å². The fourth-order valence-electron chi connectivity index (χ4n) is 0.904. The first kappa shape index (κ1) is 7.06. The molecule has 0 aliphatic heterocycles. The Bertz CT molecular complexity index is 396. The third kappa shape index (κ3) is 1.12. The van der Waals surface area contributed by atoms with Gasteiger partial charge in [-0.15, -0.1) is 11.3 Å². The van der Waals surface area contributed by atoms with Crippen molar-refractivity contribution in [3.8, 4) is 0 Å². The summed E-state index contributed by atoms with van der Waals surface area (Å²) < 4.78 is 1.07. The molecule has 0 aliphatic carbocycles. The Labute approximate surface area is 76.2 Å². The minimum atomic E-state index is 0.705. The lowest BCUT2D eigenvalue weighted by molar-refractivity contribution is 1.44. The van der Waals surface area contributed by atoms with Crippen molar-refractivity contribution in [3.63, 3.8) is 0 Å². The van der Waals surface area contributed by atoms with Crippen LogP contribution in [0.4, 0.5) is 5.69 Å². The van der Waals surface area contributed by atoms with Crippen molar-refractivity contribution in [1.82, 2.24) is 4.98 Å². The summed E-state index contributed by atoms with van der Waals surface area (Å²) in [6.07, 6.45) is 1.67. The maximum Gasteiger partial charge on any atom is 0.124 e. The van der Waals surface area contributed by atoms with Crippen molar-refractivity contribution in [3.05, 3.63) is 22.1 Å². The summed E-state index contributed by atoms with van der Waals surface area (Å²) in [5.41, 5.74) is 6.28. The van der Waals surface area contributed by atoms with Crippen molar-refractivity contribution < 1.29 is 0 Å². The van der Waals surface area contributed by atoms with Crippen LogP contribution in [-0.4, -0.2) is 4.98 Å². The van der Waals surface area contributed by atoms with E-state index < -0.39 is 0 Å². The van der Waals surface area contributed by atoms with Crippen molar-refractivity contribution in [2.75, 3.05) is 5.73 Å². The Morgan fingerprint density at radius 1 is 1.55 bits per heavy atom. The van der Waals surface area contributed by atoms with Crippen LogP contribution < -0.4 is 5.73 Å². The molecule has 0 saturated heterocycles. The van der Waals surface area contributed by atoms with Crippen LogP contribution in [0.1, 0.15) is 0 Å². The van der Waals surface area contributed by atoms with Crippen molar-refractivity contribution >= 4 is 43.2 Å². The molecule has 2 aromatic heterocycles. The molecule has 0 aliphatic rings. The molecule has 0 fully saturated rings. The van der Waals surface area contributed by atoms with Gasteiger partial charge in [-0.3, -0.25) is 0 Å². The lowest BCUT2D eigenvalue weighted by atomic mass is 10.3. The van der Waals surface area contributed by atoms with E-state index in [4.69, 9.17) is 5.73 Å². The Morgan fingerprint density at radius 2 is 2.36 bits per heavy atom. The van der Waals surface area contributed by atoms with Gasteiger partial charge in [0.2, 0.25) is 0 Å². The number of halogens is 1. The summed E-state index contributed by atoms with van der Waals surface area (Å²) in [7, 11) is 0. The van der Waals surface area contributed by atoms with Crippen LogP contribution in [0, 0.1) is 0 Å². The predicted molar refractivity (Wildman–Crippen MR) is 51.7 cm³/mol. The van der Waals surface area contributed by atoms with Gasteiger partial charge in [0.05, 0.1) is 11.9 Å². The maximum absolute atomic E-state index is 5.57. The number of pyridine rings is 1. The van der Waals surface area contributed by atoms with Crippen LogP contribution in [0.25, 0.3) is 10.2 Å². The van der Waals surface area contributed by atoms with Gasteiger partial charge in [0, 0.05) is 15.2 Å². The quantitative estimate of drug-likeness (QED) is 0.754. The first-order chi connectivity index (χ1) is 5.27. The molecule has 0 unspecified atom stereocenters. The molecule has 56 valence electrons. The zero-order valence-electron chi connectivity index (χ0n) is 5.54. The Hall–Kier alpha value is -0.610. The van der Waals surface area contributed by atoms with Gasteiger partial charge in [0.15, 0.2) is 0 Å². The first-order valence-electron chi connectivity index (χ1n) is 3.05. The normalized spacial score (nSPS) is 10.6. The van der Waals surface area contributed by atoms with E-state index in [0.717, 1.165) is 14.7 Å². The van der Waals surface area contributed by atoms with Gasteiger partial charge in [-0.2, -0.15) is 0 Å². The third-order valence-corrected chi connectivity index (χ3v) is 3.26. The number of fused-ring (bicyclic) bond motifs is 1. The average molecular weight is 229 g/mol. The van der Waals surface area contributed by atoms with E-state index in [1.165, 1.54) is 0 Å². The molecule has 2 N–H and O–H groups in total. The number of anilines is 1. The number of nitrogens with zero attached hydrogens (tertiary/aromatic N) is 1. The highest BCUT2D eigenvalue weighted by molar-refractivity contribution is 9.10. The lowest BCUT2D eigenvalue weighted by Gasteiger charge is -1.91. The standard InChI is InChI=1S/C7H5BrN2S/c8-6-3-11-7-5(6)1-4(9)2-10-7/h1-3H,9H2. The molecular weight excluding hydrogens is 224 g/mol. The minimum Gasteiger partial charge on any atom is -0.397 e. The van der Waals surface area contributed by atoms with Gasteiger partial charge >= 0.3 is 0 Å². The monoisotopic (exact) mass is 228 g/mol. The summed E-state index contributed by atoms with van der Waals surface area (Å²) in [4.78, 5) is 5.18. The van der Waals surface area contributed by atoms with E-state index in [0.29, 0.717) is 5.69 Å². The van der Waals surface area contributed by atoms with Crippen LogP contribution in [0.15, 0.2) is 22.1 Å². The molecule has 2 rings (SSSR count). The second kappa shape index (κ2) is 2.46. The van der Waals surface area contributed by atoms with Gasteiger partial charge in [-0.1, -0.05) is 0 Å². The summed E-state index contributed by atoms with van der Waals surface area (Å²) in [6.45, 7) is 0.